The number of nitrogens with two attached hydrogens (primary N) is 1. The van der Waals surface area contributed by atoms with Gasteiger partial charge in [0.05, 0.1) is 19.2 Å². The van der Waals surface area contributed by atoms with E-state index in [4.69, 9.17) is 27.2 Å². The van der Waals surface area contributed by atoms with Crippen LogP contribution in [0.15, 0.2) is 40.3 Å². The number of halogens is 1. The molecule has 2 heterocycles. The Morgan fingerprint density at radius 1 is 1.38 bits per heavy atom. The van der Waals surface area contributed by atoms with Crippen molar-refractivity contribution in [3.63, 3.8) is 0 Å². The van der Waals surface area contributed by atoms with E-state index in [1.807, 2.05) is 37.3 Å². The van der Waals surface area contributed by atoms with Crippen LogP contribution in [0.1, 0.15) is 29.3 Å². The number of amidine groups is 1. The van der Waals surface area contributed by atoms with Gasteiger partial charge in [-0.1, -0.05) is 29.8 Å². The van der Waals surface area contributed by atoms with Crippen molar-refractivity contribution in [1.82, 2.24) is 5.43 Å². The maximum atomic E-state index is 11.4. The lowest BCUT2D eigenvalue weighted by atomic mass is 10.0. The van der Waals surface area contributed by atoms with Gasteiger partial charge in [-0.05, 0) is 25.5 Å². The number of nitrogens with one attached hydrogen (secondary N) is 1. The quantitative estimate of drug-likeness (QED) is 0.476. The minimum Gasteiger partial charge on any atom is -0.469 e. The lowest BCUT2D eigenvalue weighted by Gasteiger charge is -2.10. The molecule has 0 saturated carbocycles. The van der Waals surface area contributed by atoms with Crippen LogP contribution in [0.5, 0.6) is 0 Å². The number of thiophene rings is 1. The lowest BCUT2D eigenvalue weighted by Crippen LogP contribution is -2.37. The number of benzene rings is 1. The Kier molecular flexibility index (Phi) is 5.70. The SMILES string of the molecule is COC(=O)CCc1cc2c(s1)N=C(NN)C(C)N=C2c1ccccc1Cl. The fraction of sp³-hybridized carbons (Fsp3) is 0.278. The first kappa shape index (κ1) is 18.6. The highest BCUT2D eigenvalue weighted by molar-refractivity contribution is 7.16. The zero-order chi connectivity index (χ0) is 18.7. The second kappa shape index (κ2) is 7.99. The van der Waals surface area contributed by atoms with Crippen molar-refractivity contribution >= 4 is 45.5 Å². The maximum Gasteiger partial charge on any atom is 0.305 e. The molecule has 1 aromatic carbocycles. The van der Waals surface area contributed by atoms with Crippen LogP contribution in [0.3, 0.4) is 0 Å². The van der Waals surface area contributed by atoms with E-state index in [2.05, 4.69) is 10.4 Å². The Labute approximate surface area is 160 Å². The smallest absolute Gasteiger partial charge is 0.305 e. The van der Waals surface area contributed by atoms with Crippen molar-refractivity contribution in [1.29, 1.82) is 0 Å². The van der Waals surface area contributed by atoms with Gasteiger partial charge in [0.25, 0.3) is 0 Å². The van der Waals surface area contributed by atoms with Crippen LogP contribution in [0.2, 0.25) is 5.02 Å². The standard InChI is InChI=1S/C18H19ClN4O2S/c1-10-17(23-20)22-18-13(9-11(26-18)7-8-15(24)25-2)16(21-10)12-5-3-4-6-14(12)19/h3-6,9-10H,7-8,20H2,1-2H3,(H,22,23). The largest absolute Gasteiger partial charge is 0.469 e. The van der Waals surface area contributed by atoms with Gasteiger partial charge >= 0.3 is 5.97 Å². The van der Waals surface area contributed by atoms with Crippen LogP contribution in [0, 0.1) is 0 Å². The topological polar surface area (TPSA) is 89.1 Å². The summed E-state index contributed by atoms with van der Waals surface area (Å²) >= 11 is 7.92. The Morgan fingerprint density at radius 3 is 2.85 bits per heavy atom. The van der Waals surface area contributed by atoms with E-state index in [1.165, 1.54) is 18.4 Å². The number of carbonyl (C=O) groups excluding carboxylic acids is 1. The zero-order valence-corrected chi connectivity index (χ0v) is 16.0. The van der Waals surface area contributed by atoms with Crippen LogP contribution < -0.4 is 11.3 Å². The molecule has 136 valence electrons. The van der Waals surface area contributed by atoms with Gasteiger partial charge in [0.1, 0.15) is 16.9 Å². The Balaban J connectivity index is 2.06. The summed E-state index contributed by atoms with van der Waals surface area (Å²) in [7, 11) is 1.39. The summed E-state index contributed by atoms with van der Waals surface area (Å²) in [6.07, 6.45) is 0.896. The third-order valence-corrected chi connectivity index (χ3v) is 5.46. The molecule has 1 aliphatic rings. The van der Waals surface area contributed by atoms with Crippen molar-refractivity contribution < 1.29 is 9.53 Å². The third-order valence-electron chi connectivity index (χ3n) is 4.04. The molecular formula is C18H19ClN4O2S. The molecule has 0 amide bonds. The van der Waals surface area contributed by atoms with Crippen molar-refractivity contribution in [2.24, 2.45) is 15.8 Å². The number of hydrazine groups is 1. The molecular weight excluding hydrogens is 372 g/mol. The molecule has 6 nitrogen and oxygen atoms in total. The molecule has 1 aliphatic heterocycles. The van der Waals surface area contributed by atoms with Gasteiger partial charge in [-0.25, -0.2) is 10.8 Å². The fourth-order valence-corrected chi connectivity index (χ4v) is 3.95. The van der Waals surface area contributed by atoms with Crippen molar-refractivity contribution in [2.45, 2.75) is 25.8 Å². The van der Waals surface area contributed by atoms with Gasteiger partial charge in [0.15, 0.2) is 0 Å². The first-order chi connectivity index (χ1) is 12.5. The number of aryl methyl sites for hydroxylation is 1. The number of carbonyl (C=O) groups is 1. The monoisotopic (exact) mass is 390 g/mol. The molecule has 3 N–H and O–H groups in total. The van der Waals surface area contributed by atoms with Crippen molar-refractivity contribution in [3.8, 4) is 0 Å². The van der Waals surface area contributed by atoms with Crippen LogP contribution in [0.25, 0.3) is 0 Å². The summed E-state index contributed by atoms with van der Waals surface area (Å²) in [4.78, 5) is 21.9. The second-order valence-electron chi connectivity index (χ2n) is 5.78. The number of methoxy groups -OCH3 is 1. The number of esters is 1. The predicted molar refractivity (Wildman–Crippen MR) is 106 cm³/mol. The maximum absolute atomic E-state index is 11.4. The molecule has 0 fully saturated rings. The fourth-order valence-electron chi connectivity index (χ4n) is 2.68. The molecule has 1 unspecified atom stereocenters. The number of ether oxygens (including phenoxy) is 1. The Hall–Kier alpha value is -2.22. The van der Waals surface area contributed by atoms with E-state index < -0.39 is 0 Å². The molecule has 3 rings (SSSR count). The summed E-state index contributed by atoms with van der Waals surface area (Å²) < 4.78 is 4.72. The van der Waals surface area contributed by atoms with Crippen LogP contribution >= 0.6 is 22.9 Å². The molecule has 8 heteroatoms. The van der Waals surface area contributed by atoms with Gasteiger partial charge in [0, 0.05) is 21.0 Å². The third kappa shape index (κ3) is 3.80. The summed E-state index contributed by atoms with van der Waals surface area (Å²) in [5, 5.41) is 1.41. The minimum absolute atomic E-state index is 0.232. The highest BCUT2D eigenvalue weighted by Crippen LogP contribution is 2.36. The molecule has 0 spiro atoms. The summed E-state index contributed by atoms with van der Waals surface area (Å²) in [5.41, 5.74) is 5.13. The van der Waals surface area contributed by atoms with Crippen LogP contribution in [-0.4, -0.2) is 30.7 Å². The molecule has 1 aromatic heterocycles. The van der Waals surface area contributed by atoms with Crippen LogP contribution in [-0.2, 0) is 16.0 Å². The molecule has 0 bridgehead atoms. The average molecular weight is 391 g/mol. The summed E-state index contributed by atoms with van der Waals surface area (Å²) in [6.45, 7) is 1.92. The van der Waals surface area contributed by atoms with Crippen molar-refractivity contribution in [2.75, 3.05) is 7.11 Å². The van der Waals surface area contributed by atoms with Gasteiger partial charge in [0.2, 0.25) is 0 Å². The van der Waals surface area contributed by atoms with E-state index in [9.17, 15) is 4.79 Å². The summed E-state index contributed by atoms with van der Waals surface area (Å²) in [6, 6.07) is 9.36. The minimum atomic E-state index is -0.241. The number of hydrogen-bond acceptors (Lipinski definition) is 7. The molecule has 2 aromatic rings. The Bertz CT molecular complexity index is 891. The van der Waals surface area contributed by atoms with E-state index in [0.29, 0.717) is 23.7 Å². The molecule has 0 saturated heterocycles. The lowest BCUT2D eigenvalue weighted by molar-refractivity contribution is -0.140. The second-order valence-corrected chi connectivity index (χ2v) is 7.30. The number of rotatable bonds is 4. The number of aliphatic imine (C=N–C) groups is 2. The Morgan fingerprint density at radius 2 is 2.15 bits per heavy atom. The number of fused-ring (bicyclic) bond motifs is 1. The molecule has 1 atom stereocenters. The van der Waals surface area contributed by atoms with Crippen molar-refractivity contribution in [3.05, 3.63) is 51.4 Å². The highest BCUT2D eigenvalue weighted by atomic mass is 35.5. The first-order valence-corrected chi connectivity index (χ1v) is 9.30. The van der Waals surface area contributed by atoms with Gasteiger partial charge in [-0.3, -0.25) is 9.79 Å². The number of nitrogens with zero attached hydrogens (tertiary/aromatic N) is 2. The normalized spacial score (nSPS) is 16.2. The summed E-state index contributed by atoms with van der Waals surface area (Å²) in [5.74, 6) is 5.96. The van der Waals surface area contributed by atoms with Gasteiger partial charge in [-0.15, -0.1) is 11.3 Å². The number of hydrogen-bond donors (Lipinski definition) is 2. The predicted octanol–water partition coefficient (Wildman–Crippen LogP) is 3.24. The molecule has 0 radical (unpaired) electrons. The average Bonchev–Trinajstić information content (AvgIpc) is 2.99. The molecule has 26 heavy (non-hydrogen) atoms. The van der Waals surface area contributed by atoms with E-state index >= 15 is 0 Å². The zero-order valence-electron chi connectivity index (χ0n) is 14.5. The first-order valence-electron chi connectivity index (χ1n) is 8.11. The highest BCUT2D eigenvalue weighted by Gasteiger charge is 2.24. The van der Waals surface area contributed by atoms with Gasteiger partial charge < -0.3 is 10.2 Å². The molecule has 0 aliphatic carbocycles. The van der Waals surface area contributed by atoms with Crippen LogP contribution in [0.4, 0.5) is 5.00 Å². The van der Waals surface area contributed by atoms with Gasteiger partial charge in [-0.2, -0.15) is 0 Å². The van der Waals surface area contributed by atoms with E-state index in [0.717, 1.165) is 26.7 Å². The van der Waals surface area contributed by atoms with E-state index in [-0.39, 0.29) is 12.0 Å². The van der Waals surface area contributed by atoms with E-state index in [1.54, 1.807) is 0 Å².